The number of rotatable bonds is 9. The van der Waals surface area contributed by atoms with E-state index < -0.39 is 0 Å². The van der Waals surface area contributed by atoms with E-state index in [1.165, 1.54) is 89.9 Å². The SMILES string of the molecule is CCCCCCCC(C)C1CC2C3CCC4CCC(N5CCOCC5)CC4(C)C3CCC2(C)C1OC(C)=O. The van der Waals surface area contributed by atoms with Crippen LogP contribution in [0.3, 0.4) is 0 Å². The Balaban J connectivity index is 1.32. The Morgan fingerprint density at radius 1 is 0.974 bits per heavy atom. The molecule has 1 saturated heterocycles. The van der Waals surface area contributed by atoms with Crippen molar-refractivity contribution in [3.63, 3.8) is 0 Å². The fourth-order valence-electron chi connectivity index (χ4n) is 10.9. The monoisotopic (exact) mass is 529 g/mol. The molecule has 0 aromatic heterocycles. The van der Waals surface area contributed by atoms with E-state index in [1.54, 1.807) is 6.92 Å². The van der Waals surface area contributed by atoms with Crippen LogP contribution in [0.1, 0.15) is 125 Å². The number of carbonyl (C=O) groups is 1. The number of hydrogen-bond acceptors (Lipinski definition) is 4. The summed E-state index contributed by atoms with van der Waals surface area (Å²) >= 11 is 0. The lowest BCUT2D eigenvalue weighted by atomic mass is 9.45. The van der Waals surface area contributed by atoms with Gasteiger partial charge in [-0.15, -0.1) is 0 Å². The zero-order valence-electron chi connectivity index (χ0n) is 25.5. The van der Waals surface area contributed by atoms with Crippen molar-refractivity contribution in [3.8, 4) is 0 Å². The van der Waals surface area contributed by atoms with Gasteiger partial charge in [0.05, 0.1) is 13.2 Å². The maximum atomic E-state index is 12.4. The minimum atomic E-state index is -0.0598. The van der Waals surface area contributed by atoms with Crippen molar-refractivity contribution in [1.29, 1.82) is 0 Å². The third kappa shape index (κ3) is 5.48. The lowest BCUT2D eigenvalue weighted by Crippen LogP contribution is -2.57. The van der Waals surface area contributed by atoms with E-state index in [2.05, 4.69) is 32.6 Å². The largest absolute Gasteiger partial charge is 0.462 e. The Morgan fingerprint density at radius 3 is 2.45 bits per heavy atom. The fraction of sp³-hybridized carbons (Fsp3) is 0.971. The molecule has 0 amide bonds. The third-order valence-corrected chi connectivity index (χ3v) is 12.9. The molecule has 0 spiro atoms. The number of nitrogens with zero attached hydrogens (tertiary/aromatic N) is 1. The standard InChI is InChI=1S/C34H59NO3/c1-6-7-8-9-10-11-24(2)29-22-31-28-15-13-26-12-14-27(35-18-20-37-21-19-35)23-34(26,5)30(28)16-17-33(31,4)32(29)38-25(3)36/h24,26-32H,6-23H2,1-5H3. The van der Waals surface area contributed by atoms with Gasteiger partial charge in [-0.25, -0.2) is 0 Å². The summed E-state index contributed by atoms with van der Waals surface area (Å²) < 4.78 is 12.0. The van der Waals surface area contributed by atoms with Crippen molar-refractivity contribution >= 4 is 5.97 Å². The van der Waals surface area contributed by atoms with Gasteiger partial charge in [0.2, 0.25) is 0 Å². The number of fused-ring (bicyclic) bond motifs is 5. The summed E-state index contributed by atoms with van der Waals surface area (Å²) in [5.74, 6) is 4.43. The first-order valence-corrected chi connectivity index (χ1v) is 16.8. The van der Waals surface area contributed by atoms with Gasteiger partial charge < -0.3 is 9.47 Å². The van der Waals surface area contributed by atoms with Crippen molar-refractivity contribution in [2.75, 3.05) is 26.3 Å². The van der Waals surface area contributed by atoms with Gasteiger partial charge in [0, 0.05) is 31.5 Å². The Labute approximate surface area is 234 Å². The Kier molecular flexibility index (Phi) is 9.20. The second-order valence-electron chi connectivity index (χ2n) is 14.9. The smallest absolute Gasteiger partial charge is 0.302 e. The number of unbranched alkanes of at least 4 members (excludes halogenated alkanes) is 4. The molecule has 1 heterocycles. The molecular weight excluding hydrogens is 470 g/mol. The molecule has 4 aliphatic carbocycles. The molecule has 10 unspecified atom stereocenters. The average Bonchev–Trinajstić information content (AvgIpc) is 3.20. The minimum Gasteiger partial charge on any atom is -0.462 e. The third-order valence-electron chi connectivity index (χ3n) is 12.9. The zero-order chi connectivity index (χ0) is 26.9. The van der Waals surface area contributed by atoms with Crippen LogP contribution in [0.2, 0.25) is 0 Å². The van der Waals surface area contributed by atoms with Crippen LogP contribution in [0.4, 0.5) is 0 Å². The van der Waals surface area contributed by atoms with E-state index in [1.807, 2.05) is 0 Å². The second-order valence-corrected chi connectivity index (χ2v) is 14.9. The van der Waals surface area contributed by atoms with Crippen molar-refractivity contribution in [2.45, 2.75) is 137 Å². The molecule has 10 atom stereocenters. The second kappa shape index (κ2) is 12.1. The maximum absolute atomic E-state index is 12.4. The van der Waals surface area contributed by atoms with Gasteiger partial charge in [0.25, 0.3) is 0 Å². The summed E-state index contributed by atoms with van der Waals surface area (Å²) in [5.41, 5.74) is 0.640. The van der Waals surface area contributed by atoms with Crippen LogP contribution in [0, 0.1) is 46.3 Å². The van der Waals surface area contributed by atoms with E-state index in [9.17, 15) is 4.79 Å². The van der Waals surface area contributed by atoms with E-state index in [4.69, 9.17) is 9.47 Å². The molecule has 0 N–H and O–H groups in total. The quantitative estimate of drug-likeness (QED) is 0.225. The lowest BCUT2D eigenvalue weighted by Gasteiger charge is -2.61. The molecule has 218 valence electrons. The molecule has 0 aromatic carbocycles. The minimum absolute atomic E-state index is 0.0598. The predicted octanol–water partition coefficient (Wildman–Crippen LogP) is 7.88. The van der Waals surface area contributed by atoms with Gasteiger partial charge in [-0.2, -0.15) is 0 Å². The lowest BCUT2D eigenvalue weighted by molar-refractivity contribution is -0.167. The number of hydrogen-bond donors (Lipinski definition) is 0. The van der Waals surface area contributed by atoms with Crippen LogP contribution in [0.5, 0.6) is 0 Å². The fourth-order valence-corrected chi connectivity index (χ4v) is 10.9. The maximum Gasteiger partial charge on any atom is 0.302 e. The van der Waals surface area contributed by atoms with E-state index in [0.717, 1.165) is 56.0 Å². The zero-order valence-corrected chi connectivity index (χ0v) is 25.5. The Bertz CT molecular complexity index is 795. The topological polar surface area (TPSA) is 38.8 Å². The van der Waals surface area contributed by atoms with Crippen LogP contribution in [-0.2, 0) is 14.3 Å². The number of ether oxygens (including phenoxy) is 2. The summed E-state index contributed by atoms with van der Waals surface area (Å²) in [6, 6.07) is 0.755. The molecule has 0 radical (unpaired) electrons. The van der Waals surface area contributed by atoms with Crippen molar-refractivity contribution < 1.29 is 14.3 Å². The molecule has 5 rings (SSSR count). The first-order valence-electron chi connectivity index (χ1n) is 16.8. The number of esters is 1. The molecular formula is C34H59NO3. The van der Waals surface area contributed by atoms with Gasteiger partial charge in [0.1, 0.15) is 6.10 Å². The van der Waals surface area contributed by atoms with Crippen LogP contribution in [-0.4, -0.2) is 49.3 Å². The van der Waals surface area contributed by atoms with E-state index >= 15 is 0 Å². The molecule has 4 saturated carbocycles. The van der Waals surface area contributed by atoms with Crippen molar-refractivity contribution in [1.82, 2.24) is 4.90 Å². The summed E-state index contributed by atoms with van der Waals surface area (Å²) in [6.45, 7) is 15.7. The summed E-state index contributed by atoms with van der Waals surface area (Å²) in [5, 5.41) is 0. The van der Waals surface area contributed by atoms with Gasteiger partial charge in [-0.05, 0) is 92.3 Å². The molecule has 0 aromatic rings. The molecule has 4 heteroatoms. The summed E-state index contributed by atoms with van der Waals surface area (Å²) in [7, 11) is 0. The molecule has 38 heavy (non-hydrogen) atoms. The average molecular weight is 530 g/mol. The first kappa shape index (κ1) is 28.9. The van der Waals surface area contributed by atoms with Crippen LogP contribution < -0.4 is 0 Å². The van der Waals surface area contributed by atoms with Crippen molar-refractivity contribution in [3.05, 3.63) is 0 Å². The molecule has 5 aliphatic rings. The molecule has 0 bridgehead atoms. The van der Waals surface area contributed by atoms with Crippen LogP contribution >= 0.6 is 0 Å². The number of carbonyl (C=O) groups excluding carboxylic acids is 1. The number of morpholine rings is 1. The normalized spacial score (nSPS) is 44.1. The predicted molar refractivity (Wildman–Crippen MR) is 155 cm³/mol. The summed E-state index contributed by atoms with van der Waals surface area (Å²) in [6.07, 6.45) is 19.1. The van der Waals surface area contributed by atoms with Crippen LogP contribution in [0.15, 0.2) is 0 Å². The van der Waals surface area contributed by atoms with Gasteiger partial charge in [-0.1, -0.05) is 66.2 Å². The van der Waals surface area contributed by atoms with Gasteiger partial charge >= 0.3 is 5.97 Å². The van der Waals surface area contributed by atoms with E-state index in [0.29, 0.717) is 17.3 Å². The van der Waals surface area contributed by atoms with Crippen LogP contribution in [0.25, 0.3) is 0 Å². The molecule has 4 nitrogen and oxygen atoms in total. The highest BCUT2D eigenvalue weighted by atomic mass is 16.5. The Hall–Kier alpha value is -0.610. The Morgan fingerprint density at radius 2 is 1.71 bits per heavy atom. The molecule has 5 fully saturated rings. The van der Waals surface area contributed by atoms with Gasteiger partial charge in [-0.3, -0.25) is 9.69 Å². The van der Waals surface area contributed by atoms with Crippen molar-refractivity contribution in [2.24, 2.45) is 46.3 Å². The van der Waals surface area contributed by atoms with E-state index in [-0.39, 0.29) is 17.5 Å². The van der Waals surface area contributed by atoms with Gasteiger partial charge in [0.15, 0.2) is 0 Å². The first-order chi connectivity index (χ1) is 18.3. The summed E-state index contributed by atoms with van der Waals surface area (Å²) in [4.78, 5) is 15.2. The molecule has 1 aliphatic heterocycles. The highest BCUT2D eigenvalue weighted by molar-refractivity contribution is 5.66. The highest BCUT2D eigenvalue weighted by Crippen LogP contribution is 2.68. The highest BCUT2D eigenvalue weighted by Gasteiger charge is 2.64.